The summed E-state index contributed by atoms with van der Waals surface area (Å²) in [6, 6.07) is 0. The van der Waals surface area contributed by atoms with Crippen molar-refractivity contribution < 1.29 is 14.0 Å². The molecule has 10 heavy (non-hydrogen) atoms. The molecule has 0 aromatic rings. The van der Waals surface area contributed by atoms with Gasteiger partial charge in [0.1, 0.15) is 6.54 Å². The number of hydrogen-bond donors (Lipinski definition) is 1. The molecule has 0 aliphatic heterocycles. The molecule has 0 aromatic carbocycles. The van der Waals surface area contributed by atoms with Crippen LogP contribution < -0.4 is 0 Å². The SMILES string of the molecule is O=NCCO[SiH2]OCCO. The first-order chi connectivity index (χ1) is 4.91. The van der Waals surface area contributed by atoms with Gasteiger partial charge in [0.05, 0.1) is 19.8 Å². The van der Waals surface area contributed by atoms with Crippen LogP contribution in [0.3, 0.4) is 0 Å². The fourth-order valence-corrected chi connectivity index (χ4v) is 0.955. The highest BCUT2D eigenvalue weighted by molar-refractivity contribution is 6.17. The molecule has 60 valence electrons. The molecule has 6 heteroatoms. The quantitative estimate of drug-likeness (QED) is 0.291. The van der Waals surface area contributed by atoms with Crippen molar-refractivity contribution >= 4 is 10.0 Å². The average molecular weight is 165 g/mol. The predicted molar refractivity (Wildman–Crippen MR) is 38.2 cm³/mol. The molecule has 1 N–H and O–H groups in total. The molecule has 0 aromatic heterocycles. The van der Waals surface area contributed by atoms with Gasteiger partial charge in [-0.3, -0.25) is 0 Å². The van der Waals surface area contributed by atoms with E-state index >= 15 is 0 Å². The Hall–Kier alpha value is -0.303. The van der Waals surface area contributed by atoms with Crippen LogP contribution in [0.5, 0.6) is 0 Å². The molecule has 0 fully saturated rings. The predicted octanol–water partition coefficient (Wildman–Crippen LogP) is -1.22. The molecule has 0 heterocycles. The maximum absolute atomic E-state index is 9.50. The van der Waals surface area contributed by atoms with Crippen molar-refractivity contribution in [3.63, 3.8) is 0 Å². The van der Waals surface area contributed by atoms with Gasteiger partial charge >= 0.3 is 10.0 Å². The molecule has 5 nitrogen and oxygen atoms in total. The van der Waals surface area contributed by atoms with E-state index in [2.05, 4.69) is 5.18 Å². The van der Waals surface area contributed by atoms with Gasteiger partial charge in [-0.1, -0.05) is 5.18 Å². The van der Waals surface area contributed by atoms with Crippen molar-refractivity contribution in [3.8, 4) is 0 Å². The van der Waals surface area contributed by atoms with Gasteiger partial charge in [0.15, 0.2) is 0 Å². The van der Waals surface area contributed by atoms with E-state index in [1.807, 2.05) is 0 Å². The van der Waals surface area contributed by atoms with Crippen molar-refractivity contribution in [2.45, 2.75) is 0 Å². The monoisotopic (exact) mass is 165 g/mol. The van der Waals surface area contributed by atoms with Crippen LogP contribution in [0.25, 0.3) is 0 Å². The summed E-state index contributed by atoms with van der Waals surface area (Å²) in [6.45, 7) is 0.847. The number of hydrogen-bond acceptors (Lipinski definition) is 5. The van der Waals surface area contributed by atoms with E-state index in [1.54, 1.807) is 0 Å². The molecule has 0 aliphatic rings. The highest BCUT2D eigenvalue weighted by Crippen LogP contribution is 1.75. The number of nitroso groups, excluding NO2 is 1. The number of nitrogens with zero attached hydrogens (tertiary/aromatic N) is 1. The summed E-state index contributed by atoms with van der Waals surface area (Å²) >= 11 is 0. The van der Waals surface area contributed by atoms with E-state index in [9.17, 15) is 4.91 Å². The van der Waals surface area contributed by atoms with Crippen LogP contribution in [0.4, 0.5) is 0 Å². The van der Waals surface area contributed by atoms with E-state index in [0.29, 0.717) is 13.2 Å². The topological polar surface area (TPSA) is 68.1 Å². The smallest absolute Gasteiger partial charge is 0.304 e. The molecule has 0 unspecified atom stereocenters. The lowest BCUT2D eigenvalue weighted by atomic mass is 10.8. The number of rotatable bonds is 7. The summed E-state index contributed by atoms with van der Waals surface area (Å²) in [5.74, 6) is 0. The maximum atomic E-state index is 9.50. The summed E-state index contributed by atoms with van der Waals surface area (Å²) in [4.78, 5) is 9.50. The van der Waals surface area contributed by atoms with Crippen molar-refractivity contribution in [2.24, 2.45) is 5.18 Å². The second-order valence-electron chi connectivity index (χ2n) is 1.51. The zero-order chi connectivity index (χ0) is 7.66. The fourth-order valence-electron chi connectivity index (χ4n) is 0.343. The lowest BCUT2D eigenvalue weighted by molar-refractivity contribution is 0.171. The van der Waals surface area contributed by atoms with Crippen LogP contribution in [-0.4, -0.2) is 41.5 Å². The minimum absolute atomic E-state index is 0.0162. The Labute approximate surface area is 61.4 Å². The highest BCUT2D eigenvalue weighted by atomic mass is 28.3. The number of aliphatic hydroxyl groups excluding tert-OH is 1. The molecule has 0 bridgehead atoms. The molecule has 0 amide bonds. The maximum Gasteiger partial charge on any atom is 0.304 e. The van der Waals surface area contributed by atoms with Gasteiger partial charge in [0.25, 0.3) is 0 Å². The molecule has 0 aliphatic carbocycles. The third-order valence-corrected chi connectivity index (χ3v) is 1.64. The van der Waals surface area contributed by atoms with Crippen LogP contribution in [0, 0.1) is 4.91 Å². The standard InChI is InChI=1S/C4H11NO4Si/c6-2-4-9-10-8-3-1-5-7/h6H,1-4,10H2. The Morgan fingerprint density at radius 1 is 1.40 bits per heavy atom. The van der Waals surface area contributed by atoms with Crippen LogP contribution >= 0.6 is 0 Å². The second-order valence-corrected chi connectivity index (χ2v) is 2.56. The van der Waals surface area contributed by atoms with Gasteiger partial charge in [-0.2, -0.15) is 4.91 Å². The van der Waals surface area contributed by atoms with Crippen LogP contribution in [0.15, 0.2) is 5.18 Å². The Kier molecular flexibility index (Phi) is 8.43. The summed E-state index contributed by atoms with van der Waals surface area (Å²) in [7, 11) is -0.979. The molecule has 0 radical (unpaired) electrons. The van der Waals surface area contributed by atoms with Crippen molar-refractivity contribution in [3.05, 3.63) is 4.91 Å². The van der Waals surface area contributed by atoms with Crippen LogP contribution in [0.1, 0.15) is 0 Å². The third kappa shape index (κ3) is 7.70. The van der Waals surface area contributed by atoms with Gasteiger partial charge < -0.3 is 14.0 Å². The fraction of sp³-hybridized carbons (Fsp3) is 1.00. The van der Waals surface area contributed by atoms with E-state index in [0.717, 1.165) is 0 Å². The Bertz CT molecular complexity index is 81.7. The van der Waals surface area contributed by atoms with Crippen LogP contribution in [0.2, 0.25) is 0 Å². The molecular weight excluding hydrogens is 154 g/mol. The van der Waals surface area contributed by atoms with Crippen molar-refractivity contribution in [1.82, 2.24) is 0 Å². The molecule has 0 saturated heterocycles. The van der Waals surface area contributed by atoms with E-state index < -0.39 is 10.0 Å². The summed E-state index contributed by atoms with van der Waals surface area (Å²) in [6.07, 6.45) is 0. The van der Waals surface area contributed by atoms with Gasteiger partial charge in [0, 0.05) is 0 Å². The normalized spacial score (nSPS) is 10.9. The third-order valence-electron chi connectivity index (χ3n) is 0.729. The minimum atomic E-state index is -0.979. The minimum Gasteiger partial charge on any atom is -0.397 e. The van der Waals surface area contributed by atoms with Gasteiger partial charge in [-0.25, -0.2) is 0 Å². The lowest BCUT2D eigenvalue weighted by Crippen LogP contribution is -2.09. The van der Waals surface area contributed by atoms with Crippen molar-refractivity contribution in [2.75, 3.05) is 26.4 Å². The van der Waals surface area contributed by atoms with E-state index in [4.69, 9.17) is 14.0 Å². The van der Waals surface area contributed by atoms with Crippen LogP contribution in [-0.2, 0) is 8.85 Å². The zero-order valence-corrected chi connectivity index (χ0v) is 7.07. The van der Waals surface area contributed by atoms with Gasteiger partial charge in [-0.05, 0) is 0 Å². The Balaban J connectivity index is 2.70. The first-order valence-electron chi connectivity index (χ1n) is 2.97. The van der Waals surface area contributed by atoms with E-state index in [1.165, 1.54) is 0 Å². The van der Waals surface area contributed by atoms with Crippen molar-refractivity contribution in [1.29, 1.82) is 0 Å². The average Bonchev–Trinajstić information content (AvgIpc) is 1.97. The van der Waals surface area contributed by atoms with Gasteiger partial charge in [-0.15, -0.1) is 0 Å². The first-order valence-corrected chi connectivity index (χ1v) is 4.12. The zero-order valence-electron chi connectivity index (χ0n) is 5.65. The van der Waals surface area contributed by atoms with E-state index in [-0.39, 0.29) is 13.2 Å². The summed E-state index contributed by atoms with van der Waals surface area (Å²) in [5.41, 5.74) is 0. The molecule has 0 saturated carbocycles. The molecular formula is C4H11NO4Si. The number of aliphatic hydroxyl groups is 1. The lowest BCUT2D eigenvalue weighted by Gasteiger charge is -1.99. The molecule has 0 rings (SSSR count). The first kappa shape index (κ1) is 9.70. The summed E-state index contributed by atoms with van der Waals surface area (Å²) < 4.78 is 9.74. The Morgan fingerprint density at radius 2 is 2.10 bits per heavy atom. The van der Waals surface area contributed by atoms with Gasteiger partial charge in [0.2, 0.25) is 0 Å². The second kappa shape index (κ2) is 8.70. The highest BCUT2D eigenvalue weighted by Gasteiger charge is 1.87. The summed E-state index contributed by atoms with van der Waals surface area (Å²) in [5, 5.41) is 10.8. The largest absolute Gasteiger partial charge is 0.397 e. The Morgan fingerprint density at radius 3 is 2.70 bits per heavy atom. The molecule has 0 atom stereocenters. The molecule has 0 spiro atoms.